The Hall–Kier alpha value is -3.00. The minimum Gasteiger partial charge on any atom is -0.489 e. The second-order valence-electron chi connectivity index (χ2n) is 7.41. The van der Waals surface area contributed by atoms with E-state index in [9.17, 15) is 0 Å². The van der Waals surface area contributed by atoms with Gasteiger partial charge in [-0.25, -0.2) is 0 Å². The Morgan fingerprint density at radius 2 is 1.83 bits per heavy atom. The van der Waals surface area contributed by atoms with Crippen molar-refractivity contribution in [2.45, 2.75) is 26.0 Å². The van der Waals surface area contributed by atoms with Gasteiger partial charge in [-0.05, 0) is 78.5 Å². The lowest BCUT2D eigenvalue weighted by atomic mass is 10.0. The number of fused-ring (bicyclic) bond motifs is 1. The third kappa shape index (κ3) is 4.94. The van der Waals surface area contributed by atoms with Crippen molar-refractivity contribution in [1.29, 1.82) is 5.26 Å². The molecular formula is C25H24ClN3O. The molecule has 4 rings (SSSR count). The number of nitrogens with one attached hydrogen (secondary N) is 2. The lowest BCUT2D eigenvalue weighted by Gasteiger charge is -2.16. The predicted octanol–water partition coefficient (Wildman–Crippen LogP) is 5.09. The van der Waals surface area contributed by atoms with E-state index in [4.69, 9.17) is 21.6 Å². The normalized spacial score (nSPS) is 13.1. The van der Waals surface area contributed by atoms with Crippen molar-refractivity contribution >= 4 is 17.3 Å². The molecule has 4 nitrogen and oxygen atoms in total. The van der Waals surface area contributed by atoms with E-state index in [2.05, 4.69) is 34.9 Å². The van der Waals surface area contributed by atoms with Crippen LogP contribution in [0.1, 0.15) is 27.8 Å². The van der Waals surface area contributed by atoms with E-state index in [1.165, 1.54) is 11.1 Å². The van der Waals surface area contributed by atoms with Gasteiger partial charge >= 0.3 is 0 Å². The first-order chi connectivity index (χ1) is 14.7. The first-order valence-electron chi connectivity index (χ1n) is 10.2. The third-order valence-electron chi connectivity index (χ3n) is 5.34. The van der Waals surface area contributed by atoms with E-state index in [-0.39, 0.29) is 0 Å². The van der Waals surface area contributed by atoms with Crippen molar-refractivity contribution in [1.82, 2.24) is 5.32 Å². The summed E-state index contributed by atoms with van der Waals surface area (Å²) in [7, 11) is 0. The highest BCUT2D eigenvalue weighted by molar-refractivity contribution is 6.33. The minimum absolute atomic E-state index is 0.437. The van der Waals surface area contributed by atoms with Gasteiger partial charge in [0.25, 0.3) is 0 Å². The molecule has 0 unspecified atom stereocenters. The number of hydrogen-bond acceptors (Lipinski definition) is 4. The zero-order valence-corrected chi connectivity index (χ0v) is 17.5. The number of halogens is 1. The molecule has 1 aliphatic heterocycles. The summed E-state index contributed by atoms with van der Waals surface area (Å²) in [6.07, 6.45) is 2.02. The SMILES string of the molecule is N#Cc1cccc(COc2ccc(CNc3c(Cl)ccc4c3CCNCC4)cc2)c1. The highest BCUT2D eigenvalue weighted by Crippen LogP contribution is 2.31. The molecule has 1 heterocycles. The Kier molecular flexibility index (Phi) is 6.53. The van der Waals surface area contributed by atoms with Gasteiger partial charge in [-0.3, -0.25) is 0 Å². The molecule has 0 fully saturated rings. The van der Waals surface area contributed by atoms with Crippen LogP contribution in [0.15, 0.2) is 60.7 Å². The summed E-state index contributed by atoms with van der Waals surface area (Å²) in [5.74, 6) is 0.804. The van der Waals surface area contributed by atoms with Gasteiger partial charge in [0, 0.05) is 6.54 Å². The van der Waals surface area contributed by atoms with Gasteiger partial charge in [0.2, 0.25) is 0 Å². The van der Waals surface area contributed by atoms with Crippen LogP contribution in [-0.2, 0) is 26.0 Å². The van der Waals surface area contributed by atoms with Gasteiger partial charge in [-0.15, -0.1) is 0 Å². The summed E-state index contributed by atoms with van der Waals surface area (Å²) in [5.41, 5.74) is 6.53. The number of nitrogens with zero attached hydrogens (tertiary/aromatic N) is 1. The summed E-state index contributed by atoms with van der Waals surface area (Å²) in [5, 5.41) is 16.8. The summed E-state index contributed by atoms with van der Waals surface area (Å²) in [6, 6.07) is 21.8. The third-order valence-corrected chi connectivity index (χ3v) is 5.65. The molecule has 0 bridgehead atoms. The Bertz CT molecular complexity index is 1060. The van der Waals surface area contributed by atoms with E-state index >= 15 is 0 Å². The second kappa shape index (κ2) is 9.67. The van der Waals surface area contributed by atoms with E-state index in [0.717, 1.165) is 53.5 Å². The number of ether oxygens (including phenoxy) is 1. The van der Waals surface area contributed by atoms with E-state index < -0.39 is 0 Å². The first kappa shape index (κ1) is 20.3. The van der Waals surface area contributed by atoms with Gasteiger partial charge < -0.3 is 15.4 Å². The van der Waals surface area contributed by atoms with Crippen LogP contribution < -0.4 is 15.4 Å². The van der Waals surface area contributed by atoms with E-state index in [1.807, 2.05) is 36.4 Å². The maximum atomic E-state index is 9.00. The fraction of sp³-hybridized carbons (Fsp3) is 0.240. The van der Waals surface area contributed by atoms with Crippen LogP contribution in [0.3, 0.4) is 0 Å². The van der Waals surface area contributed by atoms with Crippen LogP contribution in [0, 0.1) is 11.3 Å². The van der Waals surface area contributed by atoms with Crippen molar-refractivity contribution in [2.75, 3.05) is 18.4 Å². The fourth-order valence-electron chi connectivity index (χ4n) is 3.73. The molecule has 2 N–H and O–H groups in total. The van der Waals surface area contributed by atoms with Crippen LogP contribution in [0.2, 0.25) is 5.02 Å². The standard InChI is InChI=1S/C25H24ClN3O/c26-24-9-6-21-10-12-28-13-11-23(21)25(24)29-16-18-4-7-22(8-5-18)30-17-20-3-1-2-19(14-20)15-27/h1-9,14,28-29H,10-13,16-17H2. The Morgan fingerprint density at radius 3 is 2.67 bits per heavy atom. The molecule has 5 heteroatoms. The average Bonchev–Trinajstić information content (AvgIpc) is 3.03. The predicted molar refractivity (Wildman–Crippen MR) is 121 cm³/mol. The van der Waals surface area contributed by atoms with Gasteiger partial charge in [-0.2, -0.15) is 5.26 Å². The van der Waals surface area contributed by atoms with Crippen molar-refractivity contribution in [3.63, 3.8) is 0 Å². The highest BCUT2D eigenvalue weighted by atomic mass is 35.5. The molecule has 0 radical (unpaired) electrons. The first-order valence-corrected chi connectivity index (χ1v) is 10.6. The number of benzene rings is 3. The van der Waals surface area contributed by atoms with Gasteiger partial charge in [-0.1, -0.05) is 41.9 Å². The topological polar surface area (TPSA) is 57.1 Å². The van der Waals surface area contributed by atoms with Gasteiger partial charge in [0.15, 0.2) is 0 Å². The van der Waals surface area contributed by atoms with Crippen LogP contribution in [0.4, 0.5) is 5.69 Å². The molecule has 0 aromatic heterocycles. The zero-order valence-electron chi connectivity index (χ0n) is 16.7. The maximum Gasteiger partial charge on any atom is 0.119 e. The molecule has 1 aliphatic rings. The molecule has 0 saturated carbocycles. The molecule has 3 aromatic rings. The summed E-state index contributed by atoms with van der Waals surface area (Å²) >= 11 is 6.50. The molecule has 0 atom stereocenters. The average molecular weight is 418 g/mol. The van der Waals surface area contributed by atoms with Crippen molar-refractivity contribution in [2.24, 2.45) is 0 Å². The number of hydrogen-bond donors (Lipinski definition) is 2. The number of nitriles is 1. The van der Waals surface area contributed by atoms with Crippen LogP contribution in [0.25, 0.3) is 0 Å². The van der Waals surface area contributed by atoms with Gasteiger partial charge in [0.05, 0.1) is 22.3 Å². The van der Waals surface area contributed by atoms with Crippen LogP contribution in [0.5, 0.6) is 5.75 Å². The second-order valence-corrected chi connectivity index (χ2v) is 7.82. The fourth-order valence-corrected chi connectivity index (χ4v) is 3.97. The van der Waals surface area contributed by atoms with Crippen LogP contribution in [-0.4, -0.2) is 13.1 Å². The Morgan fingerprint density at radius 1 is 1.00 bits per heavy atom. The molecule has 0 spiro atoms. The summed E-state index contributed by atoms with van der Waals surface area (Å²) < 4.78 is 5.86. The molecule has 0 saturated heterocycles. The molecule has 30 heavy (non-hydrogen) atoms. The number of rotatable bonds is 6. The molecule has 0 aliphatic carbocycles. The molecule has 0 amide bonds. The largest absolute Gasteiger partial charge is 0.489 e. The van der Waals surface area contributed by atoms with E-state index in [1.54, 1.807) is 6.07 Å². The zero-order chi connectivity index (χ0) is 20.8. The van der Waals surface area contributed by atoms with Crippen LogP contribution >= 0.6 is 11.6 Å². The lowest BCUT2D eigenvalue weighted by molar-refractivity contribution is 0.306. The molecule has 152 valence electrons. The quantitative estimate of drug-likeness (QED) is 0.586. The van der Waals surface area contributed by atoms with E-state index in [0.29, 0.717) is 18.7 Å². The highest BCUT2D eigenvalue weighted by Gasteiger charge is 2.14. The van der Waals surface area contributed by atoms with Crippen molar-refractivity contribution in [3.05, 3.63) is 93.5 Å². The van der Waals surface area contributed by atoms with Gasteiger partial charge in [0.1, 0.15) is 12.4 Å². The minimum atomic E-state index is 0.437. The van der Waals surface area contributed by atoms with Crippen molar-refractivity contribution in [3.8, 4) is 11.8 Å². The summed E-state index contributed by atoms with van der Waals surface area (Å²) in [6.45, 7) is 3.13. The Labute approximate surface area is 182 Å². The smallest absolute Gasteiger partial charge is 0.119 e. The summed E-state index contributed by atoms with van der Waals surface area (Å²) in [4.78, 5) is 0. The molecular weight excluding hydrogens is 394 g/mol. The molecule has 3 aromatic carbocycles. The maximum absolute atomic E-state index is 9.00. The monoisotopic (exact) mass is 417 g/mol. The van der Waals surface area contributed by atoms with Crippen molar-refractivity contribution < 1.29 is 4.74 Å². The Balaban J connectivity index is 1.38. The number of anilines is 1. The lowest BCUT2D eigenvalue weighted by Crippen LogP contribution is -2.16.